The monoisotopic (exact) mass is 340 g/mol. The van der Waals surface area contributed by atoms with E-state index in [0.717, 1.165) is 6.54 Å². The van der Waals surface area contributed by atoms with E-state index in [9.17, 15) is 4.79 Å². The van der Waals surface area contributed by atoms with Crippen LogP contribution in [0.15, 0.2) is 28.8 Å². The minimum atomic E-state index is -0.104. The van der Waals surface area contributed by atoms with Crippen LogP contribution in [0.25, 0.3) is 0 Å². The van der Waals surface area contributed by atoms with Crippen LogP contribution in [-0.4, -0.2) is 36.2 Å². The van der Waals surface area contributed by atoms with Crippen molar-refractivity contribution >= 4 is 18.3 Å². The van der Waals surface area contributed by atoms with Crippen LogP contribution in [0, 0.1) is 0 Å². The number of aryl methyl sites for hydroxylation is 1. The van der Waals surface area contributed by atoms with Crippen LogP contribution in [0.4, 0.5) is 0 Å². The number of hydrogen-bond donors (Lipinski definition) is 2. The highest BCUT2D eigenvalue weighted by atomic mass is 35.5. The highest BCUT2D eigenvalue weighted by Crippen LogP contribution is 2.13. The molecule has 1 heterocycles. The van der Waals surface area contributed by atoms with Gasteiger partial charge in [-0.3, -0.25) is 4.79 Å². The lowest BCUT2D eigenvalue weighted by Gasteiger charge is -2.06. The van der Waals surface area contributed by atoms with Gasteiger partial charge in [-0.1, -0.05) is 12.1 Å². The number of ether oxygens (including phenoxy) is 1. The Kier molecular flexibility index (Phi) is 8.07. The smallest absolute Gasteiger partial charge is 0.251 e. The first-order valence-corrected chi connectivity index (χ1v) is 7.20. The zero-order valence-electron chi connectivity index (χ0n) is 13.2. The average molecular weight is 341 g/mol. The first-order valence-electron chi connectivity index (χ1n) is 7.20. The summed E-state index contributed by atoms with van der Waals surface area (Å²) < 4.78 is 10.6. The predicted octanol–water partition coefficient (Wildman–Crippen LogP) is 1.58. The minimum absolute atomic E-state index is 0. The van der Waals surface area contributed by atoms with Gasteiger partial charge in [-0.05, 0) is 31.3 Å². The molecule has 2 rings (SSSR count). The van der Waals surface area contributed by atoms with Crippen molar-refractivity contribution in [2.45, 2.75) is 20.0 Å². The number of amides is 1. The lowest BCUT2D eigenvalue weighted by molar-refractivity contribution is 0.0954. The predicted molar refractivity (Wildman–Crippen MR) is 88.0 cm³/mol. The van der Waals surface area contributed by atoms with Gasteiger partial charge < -0.3 is 19.9 Å². The van der Waals surface area contributed by atoms with Gasteiger partial charge in [0.2, 0.25) is 11.7 Å². The Hall–Kier alpha value is -2.12. The largest absolute Gasteiger partial charge is 0.485 e. The number of aromatic nitrogens is 2. The fourth-order valence-corrected chi connectivity index (χ4v) is 1.75. The molecule has 7 nitrogen and oxygen atoms in total. The Morgan fingerprint density at radius 1 is 1.26 bits per heavy atom. The summed E-state index contributed by atoms with van der Waals surface area (Å²) >= 11 is 0. The Morgan fingerprint density at radius 3 is 2.61 bits per heavy atom. The van der Waals surface area contributed by atoms with Crippen LogP contribution in [-0.2, 0) is 13.0 Å². The summed E-state index contributed by atoms with van der Waals surface area (Å²) in [6.07, 6.45) is 0.699. The number of carbonyl (C=O) groups is 1. The number of nitrogens with zero attached hydrogens (tertiary/aromatic N) is 2. The van der Waals surface area contributed by atoms with E-state index >= 15 is 0 Å². The highest BCUT2D eigenvalue weighted by molar-refractivity contribution is 5.94. The molecular formula is C15H21ClN4O3. The lowest BCUT2D eigenvalue weighted by atomic mass is 10.2. The van der Waals surface area contributed by atoms with Crippen molar-refractivity contribution in [2.75, 3.05) is 20.1 Å². The molecule has 8 heteroatoms. The van der Waals surface area contributed by atoms with Gasteiger partial charge in [0.15, 0.2) is 6.61 Å². The van der Waals surface area contributed by atoms with Crippen molar-refractivity contribution in [3.05, 3.63) is 41.5 Å². The van der Waals surface area contributed by atoms with Gasteiger partial charge in [-0.25, -0.2) is 0 Å². The van der Waals surface area contributed by atoms with Crippen molar-refractivity contribution in [3.8, 4) is 5.75 Å². The molecule has 0 bridgehead atoms. The van der Waals surface area contributed by atoms with Crippen molar-refractivity contribution in [2.24, 2.45) is 0 Å². The summed E-state index contributed by atoms with van der Waals surface area (Å²) in [6, 6.07) is 6.93. The maximum absolute atomic E-state index is 11.8. The second kappa shape index (κ2) is 9.81. The van der Waals surface area contributed by atoms with Gasteiger partial charge in [-0.2, -0.15) is 4.98 Å². The van der Waals surface area contributed by atoms with E-state index in [-0.39, 0.29) is 24.9 Å². The van der Waals surface area contributed by atoms with Gasteiger partial charge >= 0.3 is 0 Å². The second-order valence-corrected chi connectivity index (χ2v) is 4.63. The van der Waals surface area contributed by atoms with Crippen LogP contribution in [0.2, 0.25) is 0 Å². The van der Waals surface area contributed by atoms with Crippen LogP contribution in [0.5, 0.6) is 5.75 Å². The van der Waals surface area contributed by atoms with Crippen molar-refractivity contribution in [1.82, 2.24) is 20.8 Å². The van der Waals surface area contributed by atoms with Gasteiger partial charge in [0.1, 0.15) is 5.75 Å². The van der Waals surface area contributed by atoms with E-state index < -0.39 is 0 Å². The maximum Gasteiger partial charge on any atom is 0.251 e. The summed E-state index contributed by atoms with van der Waals surface area (Å²) in [5, 5.41) is 9.59. The Balaban J connectivity index is 0.00000264. The molecule has 1 aromatic heterocycles. The normalized spacial score (nSPS) is 10.0. The van der Waals surface area contributed by atoms with E-state index in [2.05, 4.69) is 20.8 Å². The molecule has 0 unspecified atom stereocenters. The molecule has 0 aliphatic rings. The highest BCUT2D eigenvalue weighted by Gasteiger charge is 2.07. The molecule has 1 amide bonds. The summed E-state index contributed by atoms with van der Waals surface area (Å²) in [4.78, 5) is 16.0. The first-order chi connectivity index (χ1) is 10.7. The van der Waals surface area contributed by atoms with E-state index in [1.54, 1.807) is 24.3 Å². The zero-order valence-corrected chi connectivity index (χ0v) is 14.0. The third-order valence-corrected chi connectivity index (χ3v) is 2.96. The fourth-order valence-electron chi connectivity index (χ4n) is 1.75. The zero-order chi connectivity index (χ0) is 15.8. The summed E-state index contributed by atoms with van der Waals surface area (Å²) in [6.45, 7) is 3.50. The molecule has 2 N–H and O–H groups in total. The quantitative estimate of drug-likeness (QED) is 0.709. The molecule has 0 aliphatic carbocycles. The number of halogens is 1. The molecule has 0 saturated heterocycles. The third kappa shape index (κ3) is 5.88. The van der Waals surface area contributed by atoms with Crippen LogP contribution in [0.1, 0.15) is 29.0 Å². The molecule has 0 spiro atoms. The third-order valence-electron chi connectivity index (χ3n) is 2.96. The molecular weight excluding hydrogens is 320 g/mol. The van der Waals surface area contributed by atoms with Gasteiger partial charge in [0.05, 0.1) is 0 Å². The standard InChI is InChI=1S/C15H20N4O3.ClH/c1-3-14-18-13(19-22-14)10-21-12-6-4-11(5-7-12)15(20)17-9-8-16-2;/h4-7,16H,3,8-10H2,1-2H3,(H,17,20);1H. The van der Waals surface area contributed by atoms with E-state index in [1.165, 1.54) is 0 Å². The second-order valence-electron chi connectivity index (χ2n) is 4.63. The maximum atomic E-state index is 11.8. The van der Waals surface area contributed by atoms with E-state index in [0.29, 0.717) is 36.0 Å². The number of benzene rings is 1. The van der Waals surface area contributed by atoms with Crippen LogP contribution < -0.4 is 15.4 Å². The number of hydrogen-bond acceptors (Lipinski definition) is 6. The van der Waals surface area contributed by atoms with Gasteiger partial charge in [-0.15, -0.1) is 12.4 Å². The topological polar surface area (TPSA) is 89.3 Å². The summed E-state index contributed by atoms with van der Waals surface area (Å²) in [5.74, 6) is 1.64. The lowest BCUT2D eigenvalue weighted by Crippen LogP contribution is -2.30. The van der Waals surface area contributed by atoms with Crippen LogP contribution >= 0.6 is 12.4 Å². The molecule has 0 radical (unpaired) electrons. The molecule has 23 heavy (non-hydrogen) atoms. The molecule has 2 aromatic rings. The number of nitrogens with one attached hydrogen (secondary N) is 2. The van der Waals surface area contributed by atoms with Gasteiger partial charge in [0, 0.05) is 25.1 Å². The average Bonchev–Trinajstić information content (AvgIpc) is 3.01. The molecule has 0 aliphatic heterocycles. The molecule has 1 aromatic carbocycles. The molecule has 126 valence electrons. The van der Waals surface area contributed by atoms with E-state index in [4.69, 9.17) is 9.26 Å². The van der Waals surface area contributed by atoms with Gasteiger partial charge in [0.25, 0.3) is 5.91 Å². The Morgan fingerprint density at radius 2 is 2.00 bits per heavy atom. The van der Waals surface area contributed by atoms with Crippen molar-refractivity contribution < 1.29 is 14.1 Å². The first kappa shape index (κ1) is 18.9. The fraction of sp³-hybridized carbons (Fsp3) is 0.400. The number of rotatable bonds is 8. The van der Waals surface area contributed by atoms with Crippen molar-refractivity contribution in [1.29, 1.82) is 0 Å². The summed E-state index contributed by atoms with van der Waals surface area (Å²) in [7, 11) is 1.84. The SMILES string of the molecule is CCc1nc(COc2ccc(C(=O)NCCNC)cc2)no1.Cl. The Labute approximate surface area is 141 Å². The summed E-state index contributed by atoms with van der Waals surface area (Å²) in [5.41, 5.74) is 0.594. The molecule has 0 atom stereocenters. The molecule has 0 saturated carbocycles. The van der Waals surface area contributed by atoms with Crippen molar-refractivity contribution in [3.63, 3.8) is 0 Å². The van der Waals surface area contributed by atoms with E-state index in [1.807, 2.05) is 14.0 Å². The number of likely N-dealkylation sites (N-methyl/N-ethyl adjacent to an activating group) is 1. The molecule has 0 fully saturated rings. The van der Waals surface area contributed by atoms with Crippen LogP contribution in [0.3, 0.4) is 0 Å². The minimum Gasteiger partial charge on any atom is -0.485 e. The number of carbonyl (C=O) groups excluding carboxylic acids is 1. The Bertz CT molecular complexity index is 601.